The Labute approximate surface area is 164 Å². The Morgan fingerprint density at radius 1 is 1.19 bits per heavy atom. The van der Waals surface area contributed by atoms with E-state index in [1.807, 2.05) is 20.8 Å². The molecule has 0 fully saturated rings. The normalized spacial score (nSPS) is 13.1. The van der Waals surface area contributed by atoms with E-state index in [2.05, 4.69) is 15.2 Å². The molecule has 1 atom stereocenters. The van der Waals surface area contributed by atoms with Crippen molar-refractivity contribution < 1.29 is 13.2 Å². The standard InChI is InChI=1S/C19H22ClN3O3S/c1-4-13(2)14(3)21-22-19(24)15-6-5-7-18(12-15)27(25,26)23-17-10-8-16(20)9-11-17/h5-13,23H,4H2,1-3H3,(H,22,24)/b21-14-/t13-/m0/s1. The number of nitrogens with one attached hydrogen (secondary N) is 2. The van der Waals surface area contributed by atoms with Crippen molar-refractivity contribution in [3.63, 3.8) is 0 Å². The molecule has 0 unspecified atom stereocenters. The lowest BCUT2D eigenvalue weighted by Gasteiger charge is -2.10. The summed E-state index contributed by atoms with van der Waals surface area (Å²) in [5.74, 6) is -0.221. The number of sulfonamides is 1. The number of benzene rings is 2. The predicted molar refractivity (Wildman–Crippen MR) is 109 cm³/mol. The van der Waals surface area contributed by atoms with E-state index in [9.17, 15) is 13.2 Å². The van der Waals surface area contributed by atoms with E-state index < -0.39 is 15.9 Å². The molecule has 2 aromatic carbocycles. The van der Waals surface area contributed by atoms with Crippen LogP contribution in [-0.2, 0) is 10.0 Å². The first-order chi connectivity index (χ1) is 12.7. The lowest BCUT2D eigenvalue weighted by Crippen LogP contribution is -2.21. The molecule has 0 saturated heterocycles. The van der Waals surface area contributed by atoms with Gasteiger partial charge >= 0.3 is 0 Å². The summed E-state index contributed by atoms with van der Waals surface area (Å²) in [7, 11) is -3.84. The highest BCUT2D eigenvalue weighted by molar-refractivity contribution is 7.92. The van der Waals surface area contributed by atoms with E-state index in [0.717, 1.165) is 12.1 Å². The van der Waals surface area contributed by atoms with Crippen molar-refractivity contribution in [1.29, 1.82) is 0 Å². The van der Waals surface area contributed by atoms with Crippen LogP contribution in [0.15, 0.2) is 58.5 Å². The minimum absolute atomic E-state index is 0.0206. The van der Waals surface area contributed by atoms with Gasteiger partial charge in [-0.1, -0.05) is 31.5 Å². The van der Waals surface area contributed by atoms with Crippen molar-refractivity contribution in [2.75, 3.05) is 4.72 Å². The third kappa shape index (κ3) is 5.80. The Kier molecular flexibility index (Phi) is 6.98. The lowest BCUT2D eigenvalue weighted by atomic mass is 10.1. The summed E-state index contributed by atoms with van der Waals surface area (Å²) in [6, 6.07) is 12.1. The monoisotopic (exact) mass is 407 g/mol. The molecule has 27 heavy (non-hydrogen) atoms. The van der Waals surface area contributed by atoms with Gasteiger partial charge in [-0.25, -0.2) is 13.8 Å². The molecule has 2 N–H and O–H groups in total. The van der Waals surface area contributed by atoms with Crippen LogP contribution in [0.4, 0.5) is 5.69 Å². The Hall–Kier alpha value is -2.38. The van der Waals surface area contributed by atoms with Crippen molar-refractivity contribution in [2.45, 2.75) is 32.1 Å². The van der Waals surface area contributed by atoms with E-state index in [-0.39, 0.29) is 16.4 Å². The molecule has 144 valence electrons. The summed E-state index contributed by atoms with van der Waals surface area (Å²) in [6.45, 7) is 5.89. The van der Waals surface area contributed by atoms with Gasteiger partial charge in [0.25, 0.3) is 15.9 Å². The Morgan fingerprint density at radius 2 is 1.85 bits per heavy atom. The van der Waals surface area contributed by atoms with Crippen LogP contribution in [0.1, 0.15) is 37.6 Å². The summed E-state index contributed by atoms with van der Waals surface area (Å²) >= 11 is 5.80. The molecule has 0 aliphatic rings. The quantitative estimate of drug-likeness (QED) is 0.530. The first-order valence-corrected chi connectivity index (χ1v) is 10.3. The number of amides is 1. The highest BCUT2D eigenvalue weighted by Gasteiger charge is 2.16. The van der Waals surface area contributed by atoms with Crippen molar-refractivity contribution in [3.05, 3.63) is 59.1 Å². The van der Waals surface area contributed by atoms with Gasteiger partial charge in [0.15, 0.2) is 0 Å². The SMILES string of the molecule is CC[C@H](C)/C(C)=N\NC(=O)c1cccc(S(=O)(=O)Nc2ccc(Cl)cc2)c1. The molecule has 0 radical (unpaired) electrons. The summed E-state index contributed by atoms with van der Waals surface area (Å²) in [5.41, 5.74) is 3.85. The number of anilines is 1. The number of rotatable bonds is 7. The molecule has 0 aliphatic heterocycles. The largest absolute Gasteiger partial charge is 0.280 e. The number of halogens is 1. The van der Waals surface area contributed by atoms with Crippen molar-refractivity contribution in [3.8, 4) is 0 Å². The second-order valence-corrected chi connectivity index (χ2v) is 8.26. The highest BCUT2D eigenvalue weighted by Crippen LogP contribution is 2.19. The molecule has 0 aromatic heterocycles. The third-order valence-corrected chi connectivity index (χ3v) is 5.79. The minimum Gasteiger partial charge on any atom is -0.280 e. The second-order valence-electron chi connectivity index (χ2n) is 6.14. The van der Waals surface area contributed by atoms with Gasteiger partial charge in [0.2, 0.25) is 0 Å². The van der Waals surface area contributed by atoms with Crippen LogP contribution in [0.3, 0.4) is 0 Å². The second kappa shape index (κ2) is 9.01. The van der Waals surface area contributed by atoms with Gasteiger partial charge in [-0.3, -0.25) is 9.52 Å². The summed E-state index contributed by atoms with van der Waals surface area (Å²) in [5, 5.41) is 4.58. The van der Waals surface area contributed by atoms with Gasteiger partial charge in [0.05, 0.1) is 4.90 Å². The third-order valence-electron chi connectivity index (χ3n) is 4.16. The van der Waals surface area contributed by atoms with Crippen LogP contribution in [-0.4, -0.2) is 20.0 Å². The first-order valence-electron chi connectivity index (χ1n) is 8.46. The van der Waals surface area contributed by atoms with E-state index in [4.69, 9.17) is 11.6 Å². The highest BCUT2D eigenvalue weighted by atomic mass is 35.5. The van der Waals surface area contributed by atoms with Crippen molar-refractivity contribution in [1.82, 2.24) is 5.43 Å². The van der Waals surface area contributed by atoms with Gasteiger partial charge in [-0.15, -0.1) is 0 Å². The van der Waals surface area contributed by atoms with Crippen LogP contribution in [0.2, 0.25) is 5.02 Å². The fourth-order valence-electron chi connectivity index (χ4n) is 2.15. The summed E-state index contributed by atoms with van der Waals surface area (Å²) < 4.78 is 27.6. The first kappa shape index (κ1) is 20.9. The summed E-state index contributed by atoms with van der Waals surface area (Å²) in [6.07, 6.45) is 0.912. The smallest absolute Gasteiger partial charge is 0.271 e. The minimum atomic E-state index is -3.84. The topological polar surface area (TPSA) is 87.6 Å². The maximum atomic E-state index is 12.6. The molecule has 1 amide bonds. The van der Waals surface area contributed by atoms with Crippen molar-refractivity contribution in [2.24, 2.45) is 11.0 Å². The zero-order valence-electron chi connectivity index (χ0n) is 15.4. The maximum absolute atomic E-state index is 12.6. The molecular weight excluding hydrogens is 386 g/mol. The fraction of sp³-hybridized carbons (Fsp3) is 0.263. The van der Waals surface area contributed by atoms with E-state index in [1.165, 1.54) is 24.3 Å². The molecule has 2 rings (SSSR count). The Bertz CT molecular complexity index is 941. The van der Waals surface area contributed by atoms with Crippen LogP contribution in [0.25, 0.3) is 0 Å². The molecule has 2 aromatic rings. The number of nitrogens with zero attached hydrogens (tertiary/aromatic N) is 1. The van der Waals surface area contributed by atoms with Gasteiger partial charge in [0.1, 0.15) is 0 Å². The Morgan fingerprint density at radius 3 is 2.48 bits per heavy atom. The zero-order valence-corrected chi connectivity index (χ0v) is 16.9. The van der Waals surface area contributed by atoms with E-state index >= 15 is 0 Å². The molecule has 0 spiro atoms. The van der Waals surface area contributed by atoms with Gasteiger partial charge in [0, 0.05) is 22.0 Å². The number of hydrazone groups is 1. The maximum Gasteiger partial charge on any atom is 0.271 e. The predicted octanol–water partition coefficient (Wildman–Crippen LogP) is 4.29. The molecule has 8 heteroatoms. The van der Waals surface area contributed by atoms with Gasteiger partial charge in [-0.05, 0) is 61.7 Å². The molecule has 6 nitrogen and oxygen atoms in total. The molecule has 0 bridgehead atoms. The van der Waals surface area contributed by atoms with Gasteiger partial charge < -0.3 is 0 Å². The Balaban J connectivity index is 2.18. The fourth-order valence-corrected chi connectivity index (χ4v) is 3.38. The van der Waals surface area contributed by atoms with Crippen LogP contribution in [0.5, 0.6) is 0 Å². The number of hydrogen-bond donors (Lipinski definition) is 2. The van der Waals surface area contributed by atoms with E-state index in [1.54, 1.807) is 24.3 Å². The summed E-state index contributed by atoms with van der Waals surface area (Å²) in [4.78, 5) is 12.3. The van der Waals surface area contributed by atoms with E-state index in [0.29, 0.717) is 10.7 Å². The number of hydrogen-bond acceptors (Lipinski definition) is 4. The van der Waals surface area contributed by atoms with Crippen molar-refractivity contribution >= 4 is 38.9 Å². The number of carbonyl (C=O) groups is 1. The number of carbonyl (C=O) groups excluding carboxylic acids is 1. The lowest BCUT2D eigenvalue weighted by molar-refractivity contribution is 0.0954. The molecule has 0 saturated carbocycles. The van der Waals surface area contributed by atoms with Crippen LogP contribution in [0, 0.1) is 5.92 Å². The average molecular weight is 408 g/mol. The van der Waals surface area contributed by atoms with Crippen LogP contribution >= 0.6 is 11.6 Å². The van der Waals surface area contributed by atoms with Crippen LogP contribution < -0.4 is 10.1 Å². The van der Waals surface area contributed by atoms with Gasteiger partial charge in [-0.2, -0.15) is 5.10 Å². The zero-order chi connectivity index (χ0) is 20.0. The average Bonchev–Trinajstić information content (AvgIpc) is 2.66. The molecule has 0 aliphatic carbocycles. The molecular formula is C19H22ClN3O3S. The molecule has 0 heterocycles.